The number of nitrogens with zero attached hydrogens (tertiary/aromatic N) is 2. The lowest BCUT2D eigenvalue weighted by atomic mass is 9.85. The van der Waals surface area contributed by atoms with Crippen LogP contribution in [0.15, 0.2) is 18.3 Å². The third kappa shape index (κ3) is 7.34. The van der Waals surface area contributed by atoms with Gasteiger partial charge in [0.25, 0.3) is 0 Å². The number of hydrogen-bond acceptors (Lipinski definition) is 7. The first-order chi connectivity index (χ1) is 15.1. The van der Waals surface area contributed by atoms with Gasteiger partial charge in [-0.3, -0.25) is 14.7 Å². The van der Waals surface area contributed by atoms with Crippen LogP contribution in [0.4, 0.5) is 0 Å². The molecule has 1 aromatic heterocycles. The number of amides is 1. The number of ether oxygens (including phenoxy) is 4. The Hall–Kier alpha value is -1.35. The second-order valence-electron chi connectivity index (χ2n) is 8.45. The van der Waals surface area contributed by atoms with Crippen molar-refractivity contribution in [3.63, 3.8) is 0 Å². The van der Waals surface area contributed by atoms with E-state index in [1.54, 1.807) is 37.1 Å². The fourth-order valence-electron chi connectivity index (χ4n) is 4.12. The second kappa shape index (κ2) is 12.0. The standard InChI is InChI=1S/C23H36N2O5S/c1-4-31-15-22(29-17-28-3)25(16-27-2)21(26)14-18-13-20(7-12-24-18)30-19-5-8-23(9-6-19)10-11-23/h7,12-13,19,22H,4-6,8-11,14-17H2,1-3H3/t22-/m1/s1. The normalized spacial score (nSPS) is 18.7. The van der Waals surface area contributed by atoms with Crippen LogP contribution in [0.3, 0.4) is 0 Å². The van der Waals surface area contributed by atoms with E-state index in [9.17, 15) is 4.79 Å². The molecule has 7 nitrogen and oxygen atoms in total. The molecule has 2 saturated carbocycles. The van der Waals surface area contributed by atoms with Gasteiger partial charge in [0.1, 0.15) is 25.5 Å². The number of hydrogen-bond donors (Lipinski definition) is 0. The monoisotopic (exact) mass is 452 g/mol. The zero-order valence-corrected chi connectivity index (χ0v) is 19.8. The molecule has 174 valence electrons. The van der Waals surface area contributed by atoms with Crippen LogP contribution in [-0.4, -0.2) is 67.4 Å². The number of methoxy groups -OCH3 is 2. The zero-order chi connectivity index (χ0) is 22.1. The van der Waals surface area contributed by atoms with Crippen molar-refractivity contribution in [2.24, 2.45) is 5.41 Å². The van der Waals surface area contributed by atoms with Crippen molar-refractivity contribution < 1.29 is 23.7 Å². The van der Waals surface area contributed by atoms with Crippen molar-refractivity contribution in [1.82, 2.24) is 9.88 Å². The smallest absolute Gasteiger partial charge is 0.232 e. The molecule has 0 unspecified atom stereocenters. The Bertz CT molecular complexity index is 682. The summed E-state index contributed by atoms with van der Waals surface area (Å²) >= 11 is 1.71. The Morgan fingerprint density at radius 1 is 1.26 bits per heavy atom. The Kier molecular flexibility index (Phi) is 9.44. The molecule has 1 heterocycles. The fourth-order valence-corrected chi connectivity index (χ4v) is 4.83. The van der Waals surface area contributed by atoms with Gasteiger partial charge in [-0.2, -0.15) is 11.8 Å². The largest absolute Gasteiger partial charge is 0.490 e. The van der Waals surface area contributed by atoms with Crippen molar-refractivity contribution in [2.45, 2.75) is 64.2 Å². The topological polar surface area (TPSA) is 70.1 Å². The first kappa shape index (κ1) is 24.3. The maximum absolute atomic E-state index is 13.1. The van der Waals surface area contributed by atoms with E-state index in [2.05, 4.69) is 11.9 Å². The molecular weight excluding hydrogens is 416 g/mol. The van der Waals surface area contributed by atoms with E-state index in [4.69, 9.17) is 18.9 Å². The molecule has 1 aromatic rings. The minimum atomic E-state index is -0.422. The molecule has 0 saturated heterocycles. The quantitative estimate of drug-likeness (QED) is 0.421. The third-order valence-electron chi connectivity index (χ3n) is 6.15. The van der Waals surface area contributed by atoms with Crippen LogP contribution in [0.2, 0.25) is 0 Å². The van der Waals surface area contributed by atoms with E-state index in [1.165, 1.54) is 25.7 Å². The number of rotatable bonds is 13. The molecule has 0 bridgehead atoms. The first-order valence-corrected chi connectivity index (χ1v) is 12.3. The summed E-state index contributed by atoms with van der Waals surface area (Å²) in [4.78, 5) is 19.1. The Morgan fingerprint density at radius 2 is 2.03 bits per heavy atom. The third-order valence-corrected chi connectivity index (χ3v) is 7.08. The molecule has 2 aliphatic carbocycles. The summed E-state index contributed by atoms with van der Waals surface area (Å²) in [5.74, 6) is 2.28. The number of aromatic nitrogens is 1. The molecule has 2 fully saturated rings. The lowest BCUT2D eigenvalue weighted by Gasteiger charge is -2.30. The predicted octanol–water partition coefficient (Wildman–Crippen LogP) is 3.86. The van der Waals surface area contributed by atoms with E-state index >= 15 is 0 Å². The highest BCUT2D eigenvalue weighted by Gasteiger charge is 2.45. The van der Waals surface area contributed by atoms with Crippen LogP contribution in [-0.2, 0) is 25.4 Å². The average Bonchev–Trinajstić information content (AvgIpc) is 3.53. The molecule has 2 aliphatic rings. The van der Waals surface area contributed by atoms with Gasteiger partial charge in [0.2, 0.25) is 5.91 Å². The average molecular weight is 453 g/mol. The molecular formula is C23H36N2O5S. The highest BCUT2D eigenvalue weighted by molar-refractivity contribution is 7.99. The summed E-state index contributed by atoms with van der Waals surface area (Å²) in [5, 5.41) is 0. The van der Waals surface area contributed by atoms with Crippen LogP contribution < -0.4 is 4.74 Å². The minimum Gasteiger partial charge on any atom is -0.490 e. The molecule has 31 heavy (non-hydrogen) atoms. The first-order valence-electron chi connectivity index (χ1n) is 11.2. The second-order valence-corrected chi connectivity index (χ2v) is 9.76. The molecule has 1 atom stereocenters. The maximum Gasteiger partial charge on any atom is 0.232 e. The molecule has 0 aromatic carbocycles. The van der Waals surface area contributed by atoms with Crippen molar-refractivity contribution in [1.29, 1.82) is 0 Å². The van der Waals surface area contributed by atoms with Gasteiger partial charge in [0.05, 0.1) is 18.2 Å². The number of thioether (sulfide) groups is 1. The van der Waals surface area contributed by atoms with Gasteiger partial charge < -0.3 is 18.9 Å². The maximum atomic E-state index is 13.1. The van der Waals surface area contributed by atoms with Gasteiger partial charge in [-0.05, 0) is 55.8 Å². The summed E-state index contributed by atoms with van der Waals surface area (Å²) in [6.07, 6.45) is 9.30. The lowest BCUT2D eigenvalue weighted by molar-refractivity contribution is -0.167. The number of carbonyl (C=O) groups excluding carboxylic acids is 1. The number of pyridine rings is 1. The summed E-state index contributed by atoms with van der Waals surface area (Å²) < 4.78 is 22.3. The van der Waals surface area contributed by atoms with E-state index in [0.29, 0.717) is 16.9 Å². The van der Waals surface area contributed by atoms with E-state index in [0.717, 1.165) is 24.3 Å². The van der Waals surface area contributed by atoms with E-state index < -0.39 is 6.23 Å². The Labute approximate surface area is 190 Å². The molecule has 0 N–H and O–H groups in total. The number of carbonyl (C=O) groups is 1. The highest BCUT2D eigenvalue weighted by atomic mass is 32.2. The Morgan fingerprint density at radius 3 is 2.68 bits per heavy atom. The predicted molar refractivity (Wildman–Crippen MR) is 121 cm³/mol. The van der Waals surface area contributed by atoms with Gasteiger partial charge in [0, 0.05) is 32.2 Å². The van der Waals surface area contributed by atoms with Gasteiger partial charge in [0.15, 0.2) is 0 Å². The van der Waals surface area contributed by atoms with Crippen LogP contribution in [0.1, 0.15) is 51.1 Å². The molecule has 3 rings (SSSR count). The molecule has 0 radical (unpaired) electrons. The highest BCUT2D eigenvalue weighted by Crippen LogP contribution is 2.56. The van der Waals surface area contributed by atoms with Gasteiger partial charge in [-0.1, -0.05) is 6.92 Å². The SMILES string of the molecule is CCSC[C@@H](OCOC)N(COC)C(=O)Cc1cc(OC2CCC3(CC2)CC3)ccn1. The minimum absolute atomic E-state index is 0.0994. The van der Waals surface area contributed by atoms with Crippen LogP contribution in [0.25, 0.3) is 0 Å². The van der Waals surface area contributed by atoms with Gasteiger partial charge in [-0.15, -0.1) is 0 Å². The lowest BCUT2D eigenvalue weighted by Crippen LogP contribution is -2.45. The zero-order valence-electron chi connectivity index (χ0n) is 19.0. The van der Waals surface area contributed by atoms with Crippen LogP contribution in [0.5, 0.6) is 5.75 Å². The van der Waals surface area contributed by atoms with Crippen LogP contribution in [0, 0.1) is 5.41 Å². The van der Waals surface area contributed by atoms with Crippen LogP contribution >= 0.6 is 11.8 Å². The fraction of sp³-hybridized carbons (Fsp3) is 0.739. The van der Waals surface area contributed by atoms with Crippen molar-refractivity contribution >= 4 is 17.7 Å². The summed E-state index contributed by atoms with van der Waals surface area (Å²) in [6, 6.07) is 3.76. The summed E-state index contributed by atoms with van der Waals surface area (Å²) in [7, 11) is 3.14. The molecule has 0 aliphatic heterocycles. The van der Waals surface area contributed by atoms with Crippen molar-refractivity contribution in [3.05, 3.63) is 24.0 Å². The molecule has 1 spiro atoms. The van der Waals surface area contributed by atoms with Crippen molar-refractivity contribution in [3.8, 4) is 5.75 Å². The van der Waals surface area contributed by atoms with E-state index in [1.807, 2.05) is 12.1 Å². The molecule has 8 heteroatoms. The molecule has 1 amide bonds. The van der Waals surface area contributed by atoms with E-state index in [-0.39, 0.29) is 32.0 Å². The Balaban J connectivity index is 1.59. The van der Waals surface area contributed by atoms with Gasteiger partial charge >= 0.3 is 0 Å². The summed E-state index contributed by atoms with van der Waals surface area (Å²) in [5.41, 5.74) is 1.34. The van der Waals surface area contributed by atoms with Gasteiger partial charge in [-0.25, -0.2) is 0 Å². The van der Waals surface area contributed by atoms with Crippen molar-refractivity contribution in [2.75, 3.05) is 39.2 Å². The summed E-state index contributed by atoms with van der Waals surface area (Å²) in [6.45, 7) is 2.34.